The van der Waals surface area contributed by atoms with E-state index in [1.54, 1.807) is 0 Å². The molecule has 0 amide bonds. The first-order valence-electron chi connectivity index (χ1n) is 6.61. The average molecular weight is 301 g/mol. The quantitative estimate of drug-likeness (QED) is 0.471. The number of nitrogens with zero attached hydrogens (tertiary/aromatic N) is 4. The minimum Gasteiger partial charge on any atom is -0.471 e. The monoisotopic (exact) mass is 300 g/mol. The molecular weight excluding hydrogens is 284 g/mol. The number of nitro groups is 1. The predicted molar refractivity (Wildman–Crippen MR) is 74.2 cm³/mol. The maximum absolute atomic E-state index is 11.0. The Labute approximate surface area is 122 Å². The van der Waals surface area contributed by atoms with E-state index >= 15 is 0 Å². The smallest absolute Gasteiger partial charge is 0.352 e. The summed E-state index contributed by atoms with van der Waals surface area (Å²) in [5.74, 6) is -0.0514. The first-order valence-corrected chi connectivity index (χ1v) is 6.99. The summed E-state index contributed by atoms with van der Waals surface area (Å²) in [4.78, 5) is 20.3. The molecule has 20 heavy (non-hydrogen) atoms. The van der Waals surface area contributed by atoms with Gasteiger partial charge in [0, 0.05) is 6.54 Å². The van der Waals surface area contributed by atoms with Crippen LogP contribution in [0, 0.1) is 17.0 Å². The van der Waals surface area contributed by atoms with E-state index < -0.39 is 4.92 Å². The van der Waals surface area contributed by atoms with E-state index in [0.29, 0.717) is 6.61 Å². The molecule has 0 bridgehead atoms. The van der Waals surface area contributed by atoms with Crippen LogP contribution in [-0.2, 0) is 0 Å². The molecule has 0 N–H and O–H groups in total. The molecule has 0 radical (unpaired) electrons. The van der Waals surface area contributed by atoms with Crippen LogP contribution in [0.15, 0.2) is 0 Å². The number of ether oxygens (including phenoxy) is 1. The molecule has 0 spiro atoms. The van der Waals surface area contributed by atoms with Crippen molar-refractivity contribution in [2.24, 2.45) is 0 Å². The second-order valence-electron chi connectivity index (χ2n) is 4.74. The summed E-state index contributed by atoms with van der Waals surface area (Å²) in [6.07, 6.45) is 3.65. The number of hydrogen-bond acceptors (Lipinski definition) is 6. The van der Waals surface area contributed by atoms with Crippen molar-refractivity contribution in [3.05, 3.63) is 21.1 Å². The van der Waals surface area contributed by atoms with E-state index in [4.69, 9.17) is 16.3 Å². The number of likely N-dealkylation sites (tertiary alicyclic amines) is 1. The van der Waals surface area contributed by atoms with Crippen molar-refractivity contribution < 1.29 is 9.66 Å². The molecule has 2 heterocycles. The molecule has 1 aliphatic rings. The third-order valence-electron chi connectivity index (χ3n) is 3.28. The lowest BCUT2D eigenvalue weighted by atomic mass is 10.1. The van der Waals surface area contributed by atoms with Crippen LogP contribution < -0.4 is 4.74 Å². The van der Waals surface area contributed by atoms with Crippen molar-refractivity contribution in [1.29, 1.82) is 0 Å². The minimum atomic E-state index is -0.540. The molecule has 1 saturated heterocycles. The largest absolute Gasteiger partial charge is 0.471 e. The Bertz CT molecular complexity index is 492. The van der Waals surface area contributed by atoms with Gasteiger partial charge in [-0.3, -0.25) is 15.0 Å². The third kappa shape index (κ3) is 3.77. The normalized spacial score (nSPS) is 16.1. The summed E-state index contributed by atoms with van der Waals surface area (Å²) < 4.78 is 5.44. The van der Waals surface area contributed by atoms with Crippen LogP contribution in [0.5, 0.6) is 5.88 Å². The molecule has 0 unspecified atom stereocenters. The predicted octanol–water partition coefficient (Wildman–Crippen LogP) is 2.21. The highest BCUT2D eigenvalue weighted by Crippen LogP contribution is 2.28. The SMILES string of the molecule is Cc1nc(Cl)nc(OCCN2CCCCC2)c1[N+](=O)[O-]. The Balaban J connectivity index is 1.99. The van der Waals surface area contributed by atoms with Gasteiger partial charge >= 0.3 is 5.69 Å². The topological polar surface area (TPSA) is 81.4 Å². The van der Waals surface area contributed by atoms with Crippen molar-refractivity contribution in [2.75, 3.05) is 26.2 Å². The van der Waals surface area contributed by atoms with E-state index in [1.165, 1.54) is 26.2 Å². The summed E-state index contributed by atoms with van der Waals surface area (Å²) in [6, 6.07) is 0. The van der Waals surface area contributed by atoms with Crippen LogP contribution in [0.25, 0.3) is 0 Å². The van der Waals surface area contributed by atoms with Gasteiger partial charge in [0.2, 0.25) is 5.28 Å². The lowest BCUT2D eigenvalue weighted by molar-refractivity contribution is -0.387. The second-order valence-corrected chi connectivity index (χ2v) is 5.08. The van der Waals surface area contributed by atoms with Gasteiger partial charge in [-0.15, -0.1) is 0 Å². The van der Waals surface area contributed by atoms with Crippen molar-refractivity contribution >= 4 is 17.3 Å². The summed E-state index contributed by atoms with van der Waals surface area (Å²) >= 11 is 5.72. The van der Waals surface area contributed by atoms with E-state index in [1.807, 2.05) is 0 Å². The molecule has 0 aliphatic carbocycles. The third-order valence-corrected chi connectivity index (χ3v) is 3.45. The molecule has 1 fully saturated rings. The summed E-state index contributed by atoms with van der Waals surface area (Å²) in [7, 11) is 0. The molecule has 7 nitrogen and oxygen atoms in total. The molecule has 1 aromatic rings. The first-order chi connectivity index (χ1) is 9.58. The van der Waals surface area contributed by atoms with Gasteiger partial charge in [0.05, 0.1) is 4.92 Å². The number of piperidine rings is 1. The van der Waals surface area contributed by atoms with Gasteiger partial charge < -0.3 is 4.74 Å². The van der Waals surface area contributed by atoms with Crippen molar-refractivity contribution in [1.82, 2.24) is 14.9 Å². The summed E-state index contributed by atoms with van der Waals surface area (Å²) in [5.41, 5.74) is -0.00369. The molecule has 1 aromatic heterocycles. The van der Waals surface area contributed by atoms with E-state index in [0.717, 1.165) is 19.6 Å². The van der Waals surface area contributed by atoms with Crippen LogP contribution >= 0.6 is 11.6 Å². The van der Waals surface area contributed by atoms with Gasteiger partial charge in [0.25, 0.3) is 5.88 Å². The van der Waals surface area contributed by atoms with Gasteiger partial charge in [0.1, 0.15) is 12.3 Å². The van der Waals surface area contributed by atoms with Gasteiger partial charge in [-0.25, -0.2) is 4.98 Å². The fourth-order valence-corrected chi connectivity index (χ4v) is 2.48. The summed E-state index contributed by atoms with van der Waals surface area (Å²) in [5, 5.41) is 11.0. The van der Waals surface area contributed by atoms with Gasteiger partial charge in [-0.2, -0.15) is 4.98 Å². The lowest BCUT2D eigenvalue weighted by Crippen LogP contribution is -2.33. The molecule has 0 atom stereocenters. The van der Waals surface area contributed by atoms with E-state index in [-0.39, 0.29) is 22.5 Å². The Morgan fingerprint density at radius 1 is 1.35 bits per heavy atom. The van der Waals surface area contributed by atoms with Crippen molar-refractivity contribution in [3.8, 4) is 5.88 Å². The molecule has 110 valence electrons. The number of aryl methyl sites for hydroxylation is 1. The highest BCUT2D eigenvalue weighted by Gasteiger charge is 2.23. The van der Waals surface area contributed by atoms with Gasteiger partial charge in [0.15, 0.2) is 0 Å². The Hall–Kier alpha value is -1.47. The maximum Gasteiger partial charge on any atom is 0.352 e. The fraction of sp³-hybridized carbons (Fsp3) is 0.667. The zero-order valence-corrected chi connectivity index (χ0v) is 12.1. The maximum atomic E-state index is 11.0. The molecule has 2 rings (SSSR count). The molecule has 8 heteroatoms. The first kappa shape index (κ1) is 14.9. The molecule has 0 saturated carbocycles. The Morgan fingerprint density at radius 2 is 2.05 bits per heavy atom. The Morgan fingerprint density at radius 3 is 2.70 bits per heavy atom. The number of aromatic nitrogens is 2. The lowest BCUT2D eigenvalue weighted by Gasteiger charge is -2.25. The molecular formula is C12H17ClN4O3. The van der Waals surface area contributed by atoms with Crippen LogP contribution in [0.2, 0.25) is 5.28 Å². The molecule has 0 aromatic carbocycles. The van der Waals surface area contributed by atoms with Crippen LogP contribution in [0.3, 0.4) is 0 Å². The van der Waals surface area contributed by atoms with Crippen LogP contribution in [-0.4, -0.2) is 46.0 Å². The number of rotatable bonds is 5. The highest BCUT2D eigenvalue weighted by atomic mass is 35.5. The van der Waals surface area contributed by atoms with Gasteiger partial charge in [-0.1, -0.05) is 6.42 Å². The number of hydrogen-bond donors (Lipinski definition) is 0. The van der Waals surface area contributed by atoms with Crippen molar-refractivity contribution in [3.63, 3.8) is 0 Å². The van der Waals surface area contributed by atoms with E-state index in [9.17, 15) is 10.1 Å². The highest BCUT2D eigenvalue weighted by molar-refractivity contribution is 6.28. The van der Waals surface area contributed by atoms with Crippen LogP contribution in [0.4, 0.5) is 5.69 Å². The Kier molecular flexibility index (Phi) is 5.08. The summed E-state index contributed by atoms with van der Waals surface area (Å²) in [6.45, 7) is 4.71. The molecule has 1 aliphatic heterocycles. The minimum absolute atomic E-state index is 0.0407. The standard InChI is InChI=1S/C12H17ClN4O3/c1-9-10(17(18)19)11(15-12(13)14-9)20-8-7-16-5-3-2-4-6-16/h2-8H2,1H3. The zero-order valence-electron chi connectivity index (χ0n) is 11.3. The van der Waals surface area contributed by atoms with Gasteiger partial charge in [-0.05, 0) is 44.5 Å². The fourth-order valence-electron chi connectivity index (χ4n) is 2.27. The van der Waals surface area contributed by atoms with Crippen LogP contribution in [0.1, 0.15) is 25.0 Å². The van der Waals surface area contributed by atoms with Crippen molar-refractivity contribution in [2.45, 2.75) is 26.2 Å². The average Bonchev–Trinajstić information content (AvgIpc) is 2.38. The zero-order chi connectivity index (χ0) is 14.5. The second kappa shape index (κ2) is 6.81. The van der Waals surface area contributed by atoms with E-state index in [2.05, 4.69) is 14.9 Å². The number of halogens is 1.